The predicted molar refractivity (Wildman–Crippen MR) is 113 cm³/mol. The third-order valence-electron chi connectivity index (χ3n) is 4.24. The standard InChI is InChI=1S/C22H23N5O3/c1-3-25-20-9-8-19(26-21(20)22(24)30)16-4-5-17(13-23)15(12-16)6-7-18(29)10-11-27(2)14-28/h4-5,8-9,12,14,18,25,29H,3,10-11H2,1-2H3,(H2,24,30). The van der Waals surface area contributed by atoms with Crippen molar-refractivity contribution >= 4 is 18.0 Å². The van der Waals surface area contributed by atoms with Gasteiger partial charge < -0.3 is 21.1 Å². The second-order valence-electron chi connectivity index (χ2n) is 6.52. The molecule has 0 radical (unpaired) electrons. The maximum absolute atomic E-state index is 11.8. The van der Waals surface area contributed by atoms with Crippen molar-refractivity contribution in [3.05, 3.63) is 47.2 Å². The number of hydrogen-bond acceptors (Lipinski definition) is 6. The number of nitrogens with two attached hydrogens (primary N) is 1. The highest BCUT2D eigenvalue weighted by molar-refractivity contribution is 5.97. The fourth-order valence-electron chi connectivity index (χ4n) is 2.66. The second kappa shape index (κ2) is 10.6. The van der Waals surface area contributed by atoms with E-state index in [4.69, 9.17) is 5.73 Å². The van der Waals surface area contributed by atoms with E-state index in [2.05, 4.69) is 28.2 Å². The van der Waals surface area contributed by atoms with Crippen LogP contribution in [0.3, 0.4) is 0 Å². The van der Waals surface area contributed by atoms with Crippen LogP contribution in [0.4, 0.5) is 5.69 Å². The van der Waals surface area contributed by atoms with E-state index in [1.54, 1.807) is 37.4 Å². The Balaban J connectivity index is 2.36. The van der Waals surface area contributed by atoms with Crippen LogP contribution in [0.1, 0.15) is 35.0 Å². The molecule has 1 atom stereocenters. The van der Waals surface area contributed by atoms with Crippen LogP contribution in [0, 0.1) is 23.2 Å². The molecule has 2 aromatic rings. The maximum atomic E-state index is 11.8. The van der Waals surface area contributed by atoms with Crippen molar-refractivity contribution in [1.82, 2.24) is 9.88 Å². The van der Waals surface area contributed by atoms with Crippen LogP contribution in [0.15, 0.2) is 30.3 Å². The zero-order valence-corrected chi connectivity index (χ0v) is 16.8. The number of nitriles is 1. The molecule has 8 heteroatoms. The van der Waals surface area contributed by atoms with Crippen molar-refractivity contribution in [2.24, 2.45) is 5.73 Å². The van der Waals surface area contributed by atoms with Gasteiger partial charge in [-0.15, -0.1) is 0 Å². The third-order valence-corrected chi connectivity index (χ3v) is 4.24. The van der Waals surface area contributed by atoms with E-state index in [0.717, 1.165) is 0 Å². The Hall–Kier alpha value is -3.88. The summed E-state index contributed by atoms with van der Waals surface area (Å²) >= 11 is 0. The topological polar surface area (TPSA) is 132 Å². The zero-order valence-electron chi connectivity index (χ0n) is 16.8. The monoisotopic (exact) mass is 405 g/mol. The number of rotatable bonds is 8. The lowest BCUT2D eigenvalue weighted by Gasteiger charge is -2.11. The normalized spacial score (nSPS) is 10.9. The highest BCUT2D eigenvalue weighted by atomic mass is 16.3. The molecule has 1 aromatic carbocycles. The molecule has 8 nitrogen and oxygen atoms in total. The number of hydrogen-bond donors (Lipinski definition) is 3. The summed E-state index contributed by atoms with van der Waals surface area (Å²) in [7, 11) is 1.61. The van der Waals surface area contributed by atoms with E-state index >= 15 is 0 Å². The molecule has 2 amide bonds. The number of nitrogens with zero attached hydrogens (tertiary/aromatic N) is 3. The zero-order chi connectivity index (χ0) is 22.1. The Bertz CT molecular complexity index is 1030. The van der Waals surface area contributed by atoms with Crippen molar-refractivity contribution in [3.63, 3.8) is 0 Å². The van der Waals surface area contributed by atoms with E-state index in [-0.39, 0.29) is 5.69 Å². The molecule has 1 heterocycles. The first kappa shape index (κ1) is 22.4. The van der Waals surface area contributed by atoms with Gasteiger partial charge in [-0.25, -0.2) is 4.98 Å². The summed E-state index contributed by atoms with van der Waals surface area (Å²) in [5, 5.41) is 22.4. The fraction of sp³-hybridized carbons (Fsp3) is 0.273. The molecule has 0 saturated heterocycles. The number of aliphatic hydroxyl groups excluding tert-OH is 1. The average Bonchev–Trinajstić information content (AvgIpc) is 2.76. The third kappa shape index (κ3) is 5.81. The first-order valence-electron chi connectivity index (χ1n) is 9.34. The summed E-state index contributed by atoms with van der Waals surface area (Å²) < 4.78 is 0. The van der Waals surface area contributed by atoms with Crippen molar-refractivity contribution in [3.8, 4) is 29.2 Å². The van der Waals surface area contributed by atoms with Crippen molar-refractivity contribution < 1.29 is 14.7 Å². The largest absolute Gasteiger partial charge is 0.383 e. The van der Waals surface area contributed by atoms with Crippen LogP contribution < -0.4 is 11.1 Å². The van der Waals surface area contributed by atoms with Gasteiger partial charge in [0.1, 0.15) is 12.2 Å². The lowest BCUT2D eigenvalue weighted by atomic mass is 10.0. The summed E-state index contributed by atoms with van der Waals surface area (Å²) in [5.74, 6) is 4.87. The van der Waals surface area contributed by atoms with Crippen LogP contribution >= 0.6 is 0 Å². The molecule has 0 fully saturated rings. The molecule has 0 aliphatic rings. The average molecular weight is 405 g/mol. The Morgan fingerprint density at radius 2 is 2.13 bits per heavy atom. The molecular formula is C22H23N5O3. The molecule has 0 spiro atoms. The second-order valence-corrected chi connectivity index (χ2v) is 6.52. The van der Waals surface area contributed by atoms with Crippen molar-refractivity contribution in [1.29, 1.82) is 5.26 Å². The number of aliphatic hydroxyl groups is 1. The molecular weight excluding hydrogens is 382 g/mol. The first-order chi connectivity index (χ1) is 14.4. The molecule has 154 valence electrons. The summed E-state index contributed by atoms with van der Waals surface area (Å²) in [5.41, 5.74) is 8.06. The van der Waals surface area contributed by atoms with E-state index in [0.29, 0.717) is 54.0 Å². The molecule has 0 aliphatic carbocycles. The number of carbonyl (C=O) groups excluding carboxylic acids is 2. The van der Waals surface area contributed by atoms with Gasteiger partial charge in [-0.2, -0.15) is 5.26 Å². The van der Waals surface area contributed by atoms with Crippen LogP contribution in [-0.2, 0) is 4.79 Å². The Labute approximate surface area is 175 Å². The van der Waals surface area contributed by atoms with Crippen LogP contribution in [-0.4, -0.2) is 53.5 Å². The van der Waals surface area contributed by atoms with E-state index < -0.39 is 12.0 Å². The molecule has 1 aromatic heterocycles. The van der Waals surface area contributed by atoms with Gasteiger partial charge in [0.15, 0.2) is 5.69 Å². The van der Waals surface area contributed by atoms with E-state index in [1.165, 1.54) is 4.90 Å². The lowest BCUT2D eigenvalue weighted by molar-refractivity contribution is -0.117. The van der Waals surface area contributed by atoms with E-state index in [9.17, 15) is 20.0 Å². The summed E-state index contributed by atoms with van der Waals surface area (Å²) in [6.45, 7) is 2.88. The van der Waals surface area contributed by atoms with Gasteiger partial charge in [-0.05, 0) is 31.2 Å². The lowest BCUT2D eigenvalue weighted by Crippen LogP contribution is -2.21. The number of amides is 2. The number of nitrogens with one attached hydrogen (secondary N) is 1. The summed E-state index contributed by atoms with van der Waals surface area (Å²) in [4.78, 5) is 28.1. The van der Waals surface area contributed by atoms with Crippen LogP contribution in [0.2, 0.25) is 0 Å². The molecule has 1 unspecified atom stereocenters. The quantitative estimate of drug-likeness (QED) is 0.448. The highest BCUT2D eigenvalue weighted by Gasteiger charge is 2.13. The number of pyridine rings is 1. The maximum Gasteiger partial charge on any atom is 0.269 e. The van der Waals surface area contributed by atoms with Gasteiger partial charge in [0, 0.05) is 37.7 Å². The fourth-order valence-corrected chi connectivity index (χ4v) is 2.66. The Morgan fingerprint density at radius 3 is 2.77 bits per heavy atom. The molecule has 0 aliphatic heterocycles. The minimum absolute atomic E-state index is 0.126. The van der Waals surface area contributed by atoms with Gasteiger partial charge in [0.2, 0.25) is 6.41 Å². The minimum atomic E-state index is -0.943. The molecule has 2 rings (SSSR count). The number of benzene rings is 1. The number of carbonyl (C=O) groups is 2. The molecule has 0 bridgehead atoms. The van der Waals surface area contributed by atoms with Crippen LogP contribution in [0.5, 0.6) is 0 Å². The molecule has 0 saturated carbocycles. The van der Waals surface area contributed by atoms with Gasteiger partial charge in [-0.3, -0.25) is 9.59 Å². The number of primary amides is 1. The smallest absolute Gasteiger partial charge is 0.269 e. The van der Waals surface area contributed by atoms with Crippen molar-refractivity contribution in [2.75, 3.05) is 25.5 Å². The van der Waals surface area contributed by atoms with Crippen molar-refractivity contribution in [2.45, 2.75) is 19.4 Å². The number of anilines is 1. The van der Waals surface area contributed by atoms with Gasteiger partial charge in [0.05, 0.1) is 16.9 Å². The van der Waals surface area contributed by atoms with Gasteiger partial charge >= 0.3 is 0 Å². The van der Waals surface area contributed by atoms with Crippen LogP contribution in [0.25, 0.3) is 11.3 Å². The predicted octanol–water partition coefficient (Wildman–Crippen LogP) is 1.34. The summed E-state index contributed by atoms with van der Waals surface area (Å²) in [6.07, 6.45) is 0.0206. The molecule has 30 heavy (non-hydrogen) atoms. The van der Waals surface area contributed by atoms with Gasteiger partial charge in [-0.1, -0.05) is 17.9 Å². The Kier molecular flexibility index (Phi) is 7.92. The first-order valence-corrected chi connectivity index (χ1v) is 9.34. The highest BCUT2D eigenvalue weighted by Crippen LogP contribution is 2.24. The van der Waals surface area contributed by atoms with E-state index in [1.807, 2.05) is 6.92 Å². The summed E-state index contributed by atoms with van der Waals surface area (Å²) in [6, 6.07) is 10.5. The number of aromatic nitrogens is 1. The Morgan fingerprint density at radius 1 is 1.37 bits per heavy atom. The SMILES string of the molecule is CCNc1ccc(-c2ccc(C#N)c(C#CC(O)CCN(C)C=O)c2)nc1C(N)=O. The molecule has 4 N–H and O–H groups in total. The minimum Gasteiger partial charge on any atom is -0.383 e. The van der Waals surface area contributed by atoms with Gasteiger partial charge in [0.25, 0.3) is 5.91 Å².